The number of urea groups is 1. The molecule has 1 heterocycles. The third kappa shape index (κ3) is 4.25. The third-order valence-electron chi connectivity index (χ3n) is 2.71. The lowest BCUT2D eigenvalue weighted by Gasteiger charge is -2.05. The van der Waals surface area contributed by atoms with E-state index in [2.05, 4.69) is 20.9 Å². The first-order valence-electron chi connectivity index (χ1n) is 6.46. The van der Waals surface area contributed by atoms with E-state index in [0.717, 1.165) is 11.3 Å². The van der Waals surface area contributed by atoms with Crippen LogP contribution in [-0.4, -0.2) is 18.1 Å². The van der Waals surface area contributed by atoms with E-state index in [-0.39, 0.29) is 12.4 Å². The fourth-order valence-electron chi connectivity index (χ4n) is 1.75. The molecule has 2 aromatic rings. The number of carbonyl (C=O) groups is 1. The molecule has 1 aromatic carbocycles. The van der Waals surface area contributed by atoms with Gasteiger partial charge in [0.2, 0.25) is 0 Å². The first-order valence-corrected chi connectivity index (χ1v) is 7.27. The Kier molecular flexibility index (Phi) is 5.41. The molecule has 0 fully saturated rings. The van der Waals surface area contributed by atoms with Crippen molar-refractivity contribution in [3.63, 3.8) is 0 Å². The van der Waals surface area contributed by atoms with E-state index < -0.39 is 6.03 Å². The molecule has 114 valence electrons. The van der Waals surface area contributed by atoms with E-state index in [9.17, 15) is 9.18 Å². The van der Waals surface area contributed by atoms with Gasteiger partial charge in [0.1, 0.15) is 16.8 Å². The van der Waals surface area contributed by atoms with Crippen LogP contribution in [-0.2, 0) is 13.1 Å². The van der Waals surface area contributed by atoms with Gasteiger partial charge in [0.05, 0.1) is 5.69 Å². The smallest absolute Gasteiger partial charge is 0.321 e. The molecule has 0 aliphatic carbocycles. The number of carbonyl (C=O) groups excluding carboxylic acids is 1. The van der Waals surface area contributed by atoms with Gasteiger partial charge >= 0.3 is 6.03 Å². The van der Waals surface area contributed by atoms with Gasteiger partial charge < -0.3 is 10.6 Å². The van der Waals surface area contributed by atoms with Gasteiger partial charge in [-0.25, -0.2) is 14.2 Å². The summed E-state index contributed by atoms with van der Waals surface area (Å²) in [5.74, 6) is -0.352. The molecule has 0 bridgehead atoms. The van der Waals surface area contributed by atoms with Gasteiger partial charge in [-0.1, -0.05) is 23.5 Å². The summed E-state index contributed by atoms with van der Waals surface area (Å²) in [5, 5.41) is 17.4. The molecular weight excluding hydrogens is 305 g/mol. The van der Waals surface area contributed by atoms with Crippen molar-refractivity contribution < 1.29 is 9.18 Å². The lowest BCUT2D eigenvalue weighted by Crippen LogP contribution is -2.28. The molecule has 0 unspecified atom stereocenters. The Bertz CT molecular complexity index is 709. The van der Waals surface area contributed by atoms with Gasteiger partial charge in [-0.15, -0.1) is 0 Å². The quantitative estimate of drug-likeness (QED) is 0.788. The zero-order valence-electron chi connectivity index (χ0n) is 11.8. The number of anilines is 1. The van der Waals surface area contributed by atoms with Crippen molar-refractivity contribution >= 4 is 22.5 Å². The van der Waals surface area contributed by atoms with Crippen LogP contribution in [0.15, 0.2) is 24.3 Å². The van der Waals surface area contributed by atoms with Crippen molar-refractivity contribution in [3.8, 4) is 6.07 Å². The molecule has 1 aromatic heterocycles. The Labute approximate surface area is 131 Å². The normalized spacial score (nSPS) is 10.0. The summed E-state index contributed by atoms with van der Waals surface area (Å²) in [5.41, 5.74) is 1.25. The number of aromatic nitrogens is 1. The molecule has 0 aliphatic rings. The second-order valence-corrected chi connectivity index (χ2v) is 5.37. The molecule has 0 aliphatic heterocycles. The molecular formula is C14H14FN5OS. The van der Waals surface area contributed by atoms with E-state index in [0.29, 0.717) is 27.8 Å². The van der Waals surface area contributed by atoms with Crippen LogP contribution in [0, 0.1) is 17.1 Å². The van der Waals surface area contributed by atoms with Crippen molar-refractivity contribution in [2.24, 2.45) is 0 Å². The first-order chi connectivity index (χ1) is 10.6. The zero-order chi connectivity index (χ0) is 15.9. The second kappa shape index (κ2) is 7.49. The molecule has 0 atom stereocenters. The largest absolute Gasteiger partial charge is 0.334 e. The Morgan fingerprint density at radius 1 is 1.45 bits per heavy atom. The Morgan fingerprint density at radius 3 is 2.95 bits per heavy atom. The predicted octanol–water partition coefficient (Wildman–Crippen LogP) is 2.19. The van der Waals surface area contributed by atoms with Crippen molar-refractivity contribution in [2.45, 2.75) is 13.1 Å². The average Bonchev–Trinajstić information content (AvgIpc) is 2.87. The summed E-state index contributed by atoms with van der Waals surface area (Å²) >= 11 is 1.11. The van der Waals surface area contributed by atoms with Gasteiger partial charge in [0.15, 0.2) is 5.13 Å². The average molecular weight is 319 g/mol. The Morgan fingerprint density at radius 2 is 2.27 bits per heavy atom. The Hall–Kier alpha value is -2.50. The summed E-state index contributed by atoms with van der Waals surface area (Å²) in [4.78, 5) is 16.4. The highest BCUT2D eigenvalue weighted by atomic mass is 32.1. The van der Waals surface area contributed by atoms with Gasteiger partial charge in [-0.2, -0.15) is 5.26 Å². The highest BCUT2D eigenvalue weighted by molar-refractivity contribution is 7.16. The minimum atomic E-state index is -0.460. The van der Waals surface area contributed by atoms with Crippen LogP contribution in [0.2, 0.25) is 0 Å². The number of nitrogens with zero attached hydrogens (tertiary/aromatic N) is 2. The number of thiazole rings is 1. The van der Waals surface area contributed by atoms with Crippen LogP contribution in [0.5, 0.6) is 0 Å². The molecule has 0 spiro atoms. The molecule has 0 saturated heterocycles. The number of benzene rings is 1. The number of amides is 2. The van der Waals surface area contributed by atoms with Crippen LogP contribution < -0.4 is 16.0 Å². The summed E-state index contributed by atoms with van der Waals surface area (Å²) in [6.07, 6.45) is 0. The maximum atomic E-state index is 13.0. The summed E-state index contributed by atoms with van der Waals surface area (Å²) in [6, 6.07) is 7.56. The molecule has 22 heavy (non-hydrogen) atoms. The van der Waals surface area contributed by atoms with E-state index in [4.69, 9.17) is 5.26 Å². The highest BCUT2D eigenvalue weighted by Gasteiger charge is 2.12. The molecule has 2 rings (SSSR count). The molecule has 8 heteroatoms. The standard InChI is InChI=1S/C14H14FN5OS/c1-17-8-11-12(6-16)22-14(19-11)20-13(21)18-7-9-3-2-4-10(15)5-9/h2-5,17H,7-8H2,1H3,(H2,18,19,20,21). The summed E-state index contributed by atoms with van der Waals surface area (Å²) in [6.45, 7) is 0.648. The third-order valence-corrected chi connectivity index (χ3v) is 3.62. The van der Waals surface area contributed by atoms with Crippen molar-refractivity contribution in [2.75, 3.05) is 12.4 Å². The minimum Gasteiger partial charge on any atom is -0.334 e. The molecule has 6 nitrogen and oxygen atoms in total. The zero-order valence-corrected chi connectivity index (χ0v) is 12.6. The fraction of sp³-hybridized carbons (Fsp3) is 0.214. The number of hydrogen-bond acceptors (Lipinski definition) is 5. The first kappa shape index (κ1) is 15.9. The van der Waals surface area contributed by atoms with Crippen molar-refractivity contribution in [3.05, 3.63) is 46.2 Å². The van der Waals surface area contributed by atoms with E-state index in [1.807, 2.05) is 6.07 Å². The highest BCUT2D eigenvalue weighted by Crippen LogP contribution is 2.22. The fourth-order valence-corrected chi connectivity index (χ4v) is 2.52. The lowest BCUT2D eigenvalue weighted by atomic mass is 10.2. The number of halogens is 1. The number of nitrogens with one attached hydrogen (secondary N) is 3. The summed E-state index contributed by atoms with van der Waals surface area (Å²) in [7, 11) is 1.75. The van der Waals surface area contributed by atoms with Crippen molar-refractivity contribution in [1.82, 2.24) is 15.6 Å². The van der Waals surface area contributed by atoms with Crippen LogP contribution in [0.4, 0.5) is 14.3 Å². The van der Waals surface area contributed by atoms with Crippen LogP contribution in [0.3, 0.4) is 0 Å². The van der Waals surface area contributed by atoms with Gasteiger partial charge in [-0.3, -0.25) is 5.32 Å². The predicted molar refractivity (Wildman–Crippen MR) is 81.9 cm³/mol. The van der Waals surface area contributed by atoms with Gasteiger partial charge in [0, 0.05) is 13.1 Å². The topological polar surface area (TPSA) is 89.8 Å². The number of rotatable bonds is 5. The van der Waals surface area contributed by atoms with Gasteiger partial charge in [0.25, 0.3) is 0 Å². The number of nitriles is 1. The van der Waals surface area contributed by atoms with Crippen molar-refractivity contribution in [1.29, 1.82) is 5.26 Å². The van der Waals surface area contributed by atoms with Crippen LogP contribution in [0.1, 0.15) is 16.1 Å². The minimum absolute atomic E-state index is 0.198. The maximum absolute atomic E-state index is 13.0. The monoisotopic (exact) mass is 319 g/mol. The second-order valence-electron chi connectivity index (χ2n) is 4.37. The number of hydrogen-bond donors (Lipinski definition) is 3. The van der Waals surface area contributed by atoms with Crippen LogP contribution in [0.25, 0.3) is 0 Å². The molecule has 0 saturated carbocycles. The van der Waals surface area contributed by atoms with E-state index >= 15 is 0 Å². The molecule has 2 amide bonds. The van der Waals surface area contributed by atoms with E-state index in [1.54, 1.807) is 19.2 Å². The Balaban J connectivity index is 1.93. The summed E-state index contributed by atoms with van der Waals surface area (Å²) < 4.78 is 13.0. The SMILES string of the molecule is CNCc1nc(NC(=O)NCc2cccc(F)c2)sc1C#N. The maximum Gasteiger partial charge on any atom is 0.321 e. The van der Waals surface area contributed by atoms with Gasteiger partial charge in [-0.05, 0) is 24.7 Å². The lowest BCUT2D eigenvalue weighted by molar-refractivity contribution is 0.251. The molecule has 3 N–H and O–H groups in total. The van der Waals surface area contributed by atoms with Crippen LogP contribution >= 0.6 is 11.3 Å². The molecule has 0 radical (unpaired) electrons. The van der Waals surface area contributed by atoms with E-state index in [1.165, 1.54) is 12.1 Å².